The summed E-state index contributed by atoms with van der Waals surface area (Å²) in [5.74, 6) is 2.84. The van der Waals surface area contributed by atoms with E-state index in [9.17, 15) is 4.79 Å². The lowest BCUT2D eigenvalue weighted by atomic mass is 9.55. The summed E-state index contributed by atoms with van der Waals surface area (Å²) < 4.78 is 0. The van der Waals surface area contributed by atoms with Crippen molar-refractivity contribution in [1.82, 2.24) is 0 Å². The number of ketones is 1. The molecule has 3 saturated carbocycles. The first-order valence-corrected chi connectivity index (χ1v) is 11.6. The highest BCUT2D eigenvalue weighted by Gasteiger charge is 2.51. The minimum absolute atomic E-state index is 0.514. The zero-order valence-electron chi connectivity index (χ0n) is 17.7. The van der Waals surface area contributed by atoms with Crippen molar-refractivity contribution in [2.75, 3.05) is 19.0 Å². The topological polar surface area (TPSA) is 20.3 Å². The van der Waals surface area contributed by atoms with Gasteiger partial charge in [-0.2, -0.15) is 0 Å². The quantitative estimate of drug-likeness (QED) is 0.607. The molecule has 0 N–H and O–H groups in total. The largest absolute Gasteiger partial charge is 0.378 e. The number of benzene rings is 1. The summed E-state index contributed by atoms with van der Waals surface area (Å²) in [6.07, 6.45) is 13.6. The van der Waals surface area contributed by atoms with E-state index >= 15 is 0 Å². The molecule has 0 aliphatic heterocycles. The molecule has 1 aromatic carbocycles. The van der Waals surface area contributed by atoms with Crippen LogP contribution in [0.2, 0.25) is 0 Å². The molecule has 0 aromatic heterocycles. The van der Waals surface area contributed by atoms with Crippen molar-refractivity contribution in [3.05, 3.63) is 41.0 Å². The minimum Gasteiger partial charge on any atom is -0.378 e. The van der Waals surface area contributed by atoms with Gasteiger partial charge in [-0.1, -0.05) is 29.7 Å². The van der Waals surface area contributed by atoms with Crippen LogP contribution in [-0.4, -0.2) is 19.9 Å². The average Bonchev–Trinajstić information content (AvgIpc) is 3.11. The van der Waals surface area contributed by atoms with E-state index in [-0.39, 0.29) is 0 Å². The third-order valence-corrected chi connectivity index (χ3v) is 8.69. The van der Waals surface area contributed by atoms with Gasteiger partial charge in [0.05, 0.1) is 0 Å². The second kappa shape index (κ2) is 7.04. The molecule has 4 atom stereocenters. The Morgan fingerprint density at radius 2 is 1.79 bits per heavy atom. The Morgan fingerprint density at radius 1 is 0.964 bits per heavy atom. The van der Waals surface area contributed by atoms with Gasteiger partial charge in [0.2, 0.25) is 0 Å². The van der Waals surface area contributed by atoms with Crippen LogP contribution >= 0.6 is 0 Å². The lowest BCUT2D eigenvalue weighted by molar-refractivity contribution is -0.120. The molecule has 4 aliphatic rings. The molecule has 5 rings (SSSR count). The van der Waals surface area contributed by atoms with E-state index in [4.69, 9.17) is 0 Å². The van der Waals surface area contributed by atoms with Crippen molar-refractivity contribution in [2.24, 2.45) is 23.2 Å². The fourth-order valence-electron chi connectivity index (χ4n) is 7.37. The third kappa shape index (κ3) is 3.04. The number of rotatable bonds is 3. The van der Waals surface area contributed by atoms with E-state index in [2.05, 4.69) is 43.3 Å². The Kier molecular flexibility index (Phi) is 4.64. The summed E-state index contributed by atoms with van der Waals surface area (Å²) in [6, 6.07) is 9.32. The van der Waals surface area contributed by atoms with Crippen LogP contribution in [0.4, 0.5) is 5.69 Å². The Hall–Kier alpha value is -1.57. The van der Waals surface area contributed by atoms with Crippen LogP contribution in [0.15, 0.2) is 35.4 Å². The van der Waals surface area contributed by atoms with Crippen LogP contribution in [0, 0.1) is 23.2 Å². The zero-order chi connectivity index (χ0) is 19.3. The summed E-state index contributed by atoms with van der Waals surface area (Å²) in [6.45, 7) is 0. The molecule has 2 heteroatoms. The Labute approximate surface area is 170 Å². The molecule has 1 unspecified atom stereocenters. The predicted molar refractivity (Wildman–Crippen MR) is 116 cm³/mol. The number of carbonyl (C=O) groups excluding carboxylic acids is 1. The molecule has 28 heavy (non-hydrogen) atoms. The Bertz CT molecular complexity index is 789. The molecule has 4 aliphatic carbocycles. The maximum absolute atomic E-state index is 12.0. The molecule has 3 fully saturated rings. The molecule has 2 nitrogen and oxygen atoms in total. The number of carbonyl (C=O) groups is 1. The summed E-state index contributed by atoms with van der Waals surface area (Å²) in [5.41, 5.74) is 6.93. The average molecular weight is 378 g/mol. The van der Waals surface area contributed by atoms with Crippen molar-refractivity contribution in [3.8, 4) is 0 Å². The molecule has 0 bridgehead atoms. The molecule has 1 aromatic rings. The highest BCUT2D eigenvalue weighted by Crippen LogP contribution is 2.61. The van der Waals surface area contributed by atoms with Gasteiger partial charge in [0, 0.05) is 32.6 Å². The van der Waals surface area contributed by atoms with Gasteiger partial charge >= 0.3 is 0 Å². The normalized spacial score (nSPS) is 34.6. The highest BCUT2D eigenvalue weighted by atomic mass is 16.1. The van der Waals surface area contributed by atoms with Crippen molar-refractivity contribution in [2.45, 2.75) is 70.6 Å². The zero-order valence-corrected chi connectivity index (χ0v) is 17.7. The Morgan fingerprint density at radius 3 is 2.57 bits per heavy atom. The first kappa shape index (κ1) is 18.5. The van der Waals surface area contributed by atoms with Gasteiger partial charge in [-0.15, -0.1) is 0 Å². The molecule has 0 heterocycles. The van der Waals surface area contributed by atoms with Crippen LogP contribution in [0.3, 0.4) is 0 Å². The summed E-state index contributed by atoms with van der Waals surface area (Å²) in [5, 5.41) is 0. The number of nitrogens with zero attached hydrogens (tertiary/aromatic N) is 1. The molecule has 0 spiro atoms. The highest BCUT2D eigenvalue weighted by molar-refractivity contribution is 5.80. The lowest BCUT2D eigenvalue weighted by Gasteiger charge is -2.50. The monoisotopic (exact) mass is 377 g/mol. The molecule has 150 valence electrons. The first-order valence-electron chi connectivity index (χ1n) is 11.6. The summed E-state index contributed by atoms with van der Waals surface area (Å²) in [7, 11) is 4.23. The number of hydrogen-bond donors (Lipinski definition) is 0. The molecule has 0 amide bonds. The smallest absolute Gasteiger partial charge is 0.133 e. The molecular formula is C26H35NO. The lowest BCUT2D eigenvalue weighted by Crippen LogP contribution is -2.41. The number of Topliss-reactive ketones (excluding diaryl/α,β-unsaturated/α-hetero) is 1. The molecule has 0 radical (unpaired) electrons. The maximum atomic E-state index is 12.0. The van der Waals surface area contributed by atoms with Gasteiger partial charge < -0.3 is 4.90 Å². The number of hydrogen-bond acceptors (Lipinski definition) is 2. The SMILES string of the molecule is CN(C)c1ccc(C[C@@]23CCC[C@H]2[C@@H]2CCC4CC(=O)CCC4=C2CC3)cc1. The van der Waals surface area contributed by atoms with Gasteiger partial charge in [-0.05, 0) is 92.2 Å². The van der Waals surface area contributed by atoms with Gasteiger partial charge in [0.25, 0.3) is 0 Å². The van der Waals surface area contributed by atoms with Gasteiger partial charge in [0.1, 0.15) is 5.78 Å². The second-order valence-corrected chi connectivity index (χ2v) is 10.3. The van der Waals surface area contributed by atoms with Crippen LogP contribution < -0.4 is 4.90 Å². The number of anilines is 1. The van der Waals surface area contributed by atoms with E-state index in [0.29, 0.717) is 17.1 Å². The minimum atomic E-state index is 0.514. The maximum Gasteiger partial charge on any atom is 0.133 e. The molecular weight excluding hydrogens is 342 g/mol. The van der Waals surface area contributed by atoms with E-state index in [1.54, 1.807) is 5.57 Å². The van der Waals surface area contributed by atoms with E-state index < -0.39 is 0 Å². The van der Waals surface area contributed by atoms with Crippen LogP contribution in [0.25, 0.3) is 0 Å². The first-order chi connectivity index (χ1) is 13.6. The van der Waals surface area contributed by atoms with Gasteiger partial charge in [-0.3, -0.25) is 4.79 Å². The van der Waals surface area contributed by atoms with Crippen LogP contribution in [0.1, 0.15) is 69.8 Å². The van der Waals surface area contributed by atoms with E-state index in [1.165, 1.54) is 62.6 Å². The summed E-state index contributed by atoms with van der Waals surface area (Å²) in [4.78, 5) is 14.1. The van der Waals surface area contributed by atoms with Gasteiger partial charge in [-0.25, -0.2) is 0 Å². The fourth-order valence-corrected chi connectivity index (χ4v) is 7.37. The second-order valence-electron chi connectivity index (χ2n) is 10.3. The van der Waals surface area contributed by atoms with Crippen molar-refractivity contribution < 1.29 is 4.79 Å². The predicted octanol–water partition coefficient (Wildman–Crippen LogP) is 5.95. The van der Waals surface area contributed by atoms with Crippen molar-refractivity contribution in [3.63, 3.8) is 0 Å². The third-order valence-electron chi connectivity index (χ3n) is 8.69. The van der Waals surface area contributed by atoms with Crippen LogP contribution in [-0.2, 0) is 11.2 Å². The van der Waals surface area contributed by atoms with Crippen molar-refractivity contribution in [1.29, 1.82) is 0 Å². The van der Waals surface area contributed by atoms with Gasteiger partial charge in [0.15, 0.2) is 0 Å². The number of fused-ring (bicyclic) bond motifs is 4. The summed E-state index contributed by atoms with van der Waals surface area (Å²) >= 11 is 0. The number of allylic oxidation sites excluding steroid dienone is 2. The Balaban J connectivity index is 1.40. The van der Waals surface area contributed by atoms with E-state index in [0.717, 1.165) is 31.1 Å². The fraction of sp³-hybridized carbons (Fsp3) is 0.654. The molecule has 0 saturated heterocycles. The van der Waals surface area contributed by atoms with Crippen LogP contribution in [0.5, 0.6) is 0 Å². The van der Waals surface area contributed by atoms with E-state index in [1.807, 2.05) is 5.57 Å². The van der Waals surface area contributed by atoms with Crippen molar-refractivity contribution >= 4 is 11.5 Å². The standard InChI is InChI=1S/C26H35NO/c1-27(2)20-8-5-18(6-9-20)17-26-14-3-4-25(26)24-11-7-19-16-21(28)10-12-22(19)23(24)13-15-26/h5-6,8-9,19,24-25H,3-4,7,10-17H2,1-2H3/t19?,24-,25+,26+/m1/s1.